The number of para-hydroxylation sites is 1. The second-order valence-electron chi connectivity index (χ2n) is 5.09. The van der Waals surface area contributed by atoms with Crippen LogP contribution in [-0.4, -0.2) is 41.7 Å². The minimum Gasteiger partial charge on any atom is -0.497 e. The number of ether oxygens (including phenoxy) is 1. The van der Waals surface area contributed by atoms with E-state index in [1.54, 1.807) is 19.2 Å². The third-order valence-electron chi connectivity index (χ3n) is 3.27. The van der Waals surface area contributed by atoms with Crippen LogP contribution in [0, 0.1) is 0 Å². The molecular weight excluding hydrogens is 309 g/mol. The highest BCUT2D eigenvalue weighted by Crippen LogP contribution is 2.05. The van der Waals surface area contributed by atoms with Crippen LogP contribution in [0.2, 0.25) is 13.0 Å². The van der Waals surface area contributed by atoms with E-state index in [4.69, 9.17) is 9.29 Å². The fourth-order valence-electron chi connectivity index (χ4n) is 1.96. The maximum Gasteiger partial charge on any atom is 0.294 e. The van der Waals surface area contributed by atoms with Crippen molar-refractivity contribution in [3.8, 4) is 5.75 Å². The number of methoxy groups -OCH3 is 1. The molecule has 120 valence electrons. The van der Waals surface area contributed by atoms with Crippen LogP contribution in [0.4, 0.5) is 0 Å². The third kappa shape index (κ3) is 7.95. The topological polar surface area (TPSA) is 63.6 Å². The first-order valence-electron chi connectivity index (χ1n) is 7.63. The van der Waals surface area contributed by atoms with Gasteiger partial charge in [0.2, 0.25) is 0 Å². The first-order chi connectivity index (χ1) is 11.0. The number of hydrogen-bond acceptors (Lipinski definition) is 3. The van der Waals surface area contributed by atoms with Gasteiger partial charge in [0.25, 0.3) is 10.1 Å². The maximum atomic E-state index is 10.8. The van der Waals surface area contributed by atoms with E-state index in [1.807, 2.05) is 30.3 Å². The van der Waals surface area contributed by atoms with Crippen molar-refractivity contribution in [1.29, 1.82) is 0 Å². The minimum absolute atomic E-state index is 0.0401. The zero-order valence-electron chi connectivity index (χ0n) is 13.6. The molecule has 0 bridgehead atoms. The van der Waals surface area contributed by atoms with E-state index in [-0.39, 0.29) is 4.90 Å². The molecule has 8 heteroatoms. The fourth-order valence-corrected chi connectivity index (χ4v) is 2.44. The van der Waals surface area contributed by atoms with E-state index in [2.05, 4.69) is 6.82 Å². The smallest absolute Gasteiger partial charge is 0.294 e. The van der Waals surface area contributed by atoms with Crippen molar-refractivity contribution in [2.75, 3.05) is 7.11 Å². The number of hydrogen-bond donors (Lipinski definition) is 1. The van der Waals surface area contributed by atoms with E-state index in [0.29, 0.717) is 0 Å². The Kier molecular flexibility index (Phi) is 8.58. The van der Waals surface area contributed by atoms with Gasteiger partial charge in [0.15, 0.2) is 0 Å². The van der Waals surface area contributed by atoms with Gasteiger partial charge in [0, 0.05) is 0 Å². The molecular formula is C15H21B3O4S. The molecule has 0 amide bonds. The van der Waals surface area contributed by atoms with Crippen molar-refractivity contribution >= 4 is 37.2 Å². The van der Waals surface area contributed by atoms with E-state index in [9.17, 15) is 8.42 Å². The zero-order chi connectivity index (χ0) is 17.1. The SMILES string of the molecule is CBCBBc1ccc(S(=O)(=O)O)cc1.COc1ccccc1. The first-order valence-corrected chi connectivity index (χ1v) is 9.07. The number of benzene rings is 2. The second kappa shape index (κ2) is 10.2. The highest BCUT2D eigenvalue weighted by Gasteiger charge is 2.08. The first kappa shape index (κ1) is 19.4. The van der Waals surface area contributed by atoms with E-state index >= 15 is 0 Å². The molecule has 2 rings (SSSR count). The summed E-state index contributed by atoms with van der Waals surface area (Å²) in [5, 5.41) is 0. The van der Waals surface area contributed by atoms with Gasteiger partial charge >= 0.3 is 0 Å². The highest BCUT2D eigenvalue weighted by atomic mass is 32.2. The summed E-state index contributed by atoms with van der Waals surface area (Å²) >= 11 is 0. The fraction of sp³-hybridized carbons (Fsp3) is 0.200. The summed E-state index contributed by atoms with van der Waals surface area (Å²) in [6.07, 6.45) is 1.18. The van der Waals surface area contributed by atoms with Crippen molar-refractivity contribution in [3.05, 3.63) is 54.6 Å². The Hall–Kier alpha value is -1.66. The van der Waals surface area contributed by atoms with Crippen LogP contribution in [0.3, 0.4) is 0 Å². The maximum absolute atomic E-state index is 10.8. The van der Waals surface area contributed by atoms with Crippen LogP contribution in [0.1, 0.15) is 0 Å². The van der Waals surface area contributed by atoms with Gasteiger partial charge in [-0.1, -0.05) is 42.6 Å². The van der Waals surface area contributed by atoms with Crippen LogP contribution in [0.25, 0.3) is 0 Å². The van der Waals surface area contributed by atoms with Crippen LogP contribution in [0.15, 0.2) is 59.5 Å². The molecule has 0 atom stereocenters. The molecule has 0 aliphatic heterocycles. The second-order valence-corrected chi connectivity index (χ2v) is 6.51. The molecule has 0 aromatic heterocycles. The predicted octanol–water partition coefficient (Wildman–Crippen LogP) is 0.902. The Bertz CT molecular complexity index is 661. The summed E-state index contributed by atoms with van der Waals surface area (Å²) in [5.74, 6) is 0.910. The van der Waals surface area contributed by atoms with Gasteiger partial charge in [0.05, 0.1) is 19.2 Å². The van der Waals surface area contributed by atoms with Gasteiger partial charge in [-0.15, -0.1) is 6.22 Å². The molecule has 0 spiro atoms. The zero-order valence-corrected chi connectivity index (χ0v) is 14.4. The van der Waals surface area contributed by atoms with Crippen molar-refractivity contribution in [1.82, 2.24) is 0 Å². The van der Waals surface area contributed by atoms with Crippen LogP contribution >= 0.6 is 0 Å². The lowest BCUT2D eigenvalue weighted by molar-refractivity contribution is 0.415. The van der Waals surface area contributed by atoms with Crippen molar-refractivity contribution in [2.45, 2.75) is 17.9 Å². The van der Waals surface area contributed by atoms with Gasteiger partial charge in [-0.2, -0.15) is 8.42 Å². The molecule has 2 aromatic carbocycles. The Morgan fingerprint density at radius 2 is 1.65 bits per heavy atom. The largest absolute Gasteiger partial charge is 0.497 e. The lowest BCUT2D eigenvalue weighted by Gasteiger charge is -1.99. The monoisotopic (exact) mass is 330 g/mol. The van der Waals surface area contributed by atoms with Crippen molar-refractivity contribution in [2.24, 2.45) is 0 Å². The van der Waals surface area contributed by atoms with E-state index in [0.717, 1.165) is 25.6 Å². The van der Waals surface area contributed by atoms with E-state index in [1.165, 1.54) is 25.6 Å². The minimum atomic E-state index is -4.04. The molecule has 2 aromatic rings. The van der Waals surface area contributed by atoms with Gasteiger partial charge < -0.3 is 4.74 Å². The lowest BCUT2D eigenvalue weighted by Crippen LogP contribution is -2.21. The normalized spacial score (nSPS) is 10.0. The molecule has 0 fully saturated rings. The van der Waals surface area contributed by atoms with Gasteiger partial charge in [-0.05, 0) is 24.3 Å². The molecule has 0 aliphatic rings. The van der Waals surface area contributed by atoms with Gasteiger partial charge in [-0.25, -0.2) is 0 Å². The van der Waals surface area contributed by atoms with Crippen molar-refractivity contribution in [3.63, 3.8) is 0 Å². The summed E-state index contributed by atoms with van der Waals surface area (Å²) in [6, 6.07) is 16.1. The van der Waals surface area contributed by atoms with E-state index < -0.39 is 10.1 Å². The summed E-state index contributed by atoms with van der Waals surface area (Å²) in [5.41, 5.74) is 1.11. The molecule has 0 radical (unpaired) electrons. The van der Waals surface area contributed by atoms with Crippen LogP contribution in [0.5, 0.6) is 5.75 Å². The standard InChI is InChI=1S/C8H13B3O3S.C7H8O/c1-9-6-10-11-7-2-4-8(5-3-7)15(12,13)14;1-8-7-5-3-2-4-6-7/h2-5,9-11H,6H2,1H3,(H,12,13,14);2-6H,1H3. The molecule has 1 N–H and O–H groups in total. The summed E-state index contributed by atoms with van der Waals surface area (Å²) in [4.78, 5) is -0.0401. The highest BCUT2D eigenvalue weighted by molar-refractivity contribution is 7.85. The molecule has 0 aliphatic carbocycles. The molecule has 4 nitrogen and oxygen atoms in total. The third-order valence-corrected chi connectivity index (χ3v) is 4.14. The average molecular weight is 330 g/mol. The molecule has 0 saturated carbocycles. The Labute approximate surface area is 140 Å². The molecule has 0 saturated heterocycles. The van der Waals surface area contributed by atoms with Gasteiger partial charge in [-0.3, -0.25) is 4.55 Å². The van der Waals surface area contributed by atoms with Crippen molar-refractivity contribution < 1.29 is 17.7 Å². The lowest BCUT2D eigenvalue weighted by atomic mass is 9.31. The average Bonchev–Trinajstić information content (AvgIpc) is 2.56. The summed E-state index contributed by atoms with van der Waals surface area (Å²) in [7, 11) is 0.858. The van der Waals surface area contributed by atoms with Crippen LogP contribution < -0.4 is 10.2 Å². The van der Waals surface area contributed by atoms with Crippen LogP contribution in [-0.2, 0) is 10.1 Å². The summed E-state index contributed by atoms with van der Waals surface area (Å²) in [6.45, 7) is 2.14. The quantitative estimate of drug-likeness (QED) is 0.486. The summed E-state index contributed by atoms with van der Waals surface area (Å²) < 4.78 is 35.2. The predicted molar refractivity (Wildman–Crippen MR) is 101 cm³/mol. The number of rotatable bonds is 6. The Morgan fingerprint density at radius 3 is 2.09 bits per heavy atom. The Balaban J connectivity index is 0.000000277. The molecule has 0 unspecified atom stereocenters. The van der Waals surface area contributed by atoms with Gasteiger partial charge in [0.1, 0.15) is 20.2 Å². The molecule has 23 heavy (non-hydrogen) atoms. The molecule has 0 heterocycles. The Morgan fingerprint density at radius 1 is 1.04 bits per heavy atom.